The molecule has 4 rings (SSSR count). The maximum absolute atomic E-state index is 12.9. The Kier molecular flexibility index (Phi) is 11.2. The highest BCUT2D eigenvalue weighted by Crippen LogP contribution is 2.36. The van der Waals surface area contributed by atoms with Gasteiger partial charge < -0.3 is 58.9 Å². The van der Waals surface area contributed by atoms with Gasteiger partial charge in [0.25, 0.3) is 5.91 Å². The van der Waals surface area contributed by atoms with Gasteiger partial charge in [-0.15, -0.1) is 0 Å². The van der Waals surface area contributed by atoms with Crippen LogP contribution in [-0.4, -0.2) is 143 Å². The Labute approximate surface area is 235 Å². The normalized spacial score (nSPS) is 46.9. The molecule has 232 valence electrons. The Balaban J connectivity index is 1.55. The number of amides is 1. The maximum Gasteiger partial charge on any atom is 0.251 e. The molecule has 3 saturated heterocycles. The van der Waals surface area contributed by atoms with Gasteiger partial charge in [-0.2, -0.15) is 0 Å². The molecule has 0 spiro atoms. The van der Waals surface area contributed by atoms with E-state index in [2.05, 4.69) is 0 Å². The van der Waals surface area contributed by atoms with Gasteiger partial charge in [0.1, 0.15) is 48.8 Å². The lowest BCUT2D eigenvalue weighted by molar-refractivity contribution is -0.352. The second kappa shape index (κ2) is 14.0. The van der Waals surface area contributed by atoms with E-state index < -0.39 is 86.3 Å². The molecule has 13 nitrogen and oxygen atoms in total. The van der Waals surface area contributed by atoms with Crippen LogP contribution in [0.2, 0.25) is 0 Å². The van der Waals surface area contributed by atoms with Crippen molar-refractivity contribution >= 4 is 5.91 Å². The Morgan fingerprint density at radius 1 is 0.825 bits per heavy atom. The highest BCUT2D eigenvalue weighted by molar-refractivity contribution is 5.80. The van der Waals surface area contributed by atoms with E-state index in [0.717, 1.165) is 12.8 Å². The molecule has 1 amide bonds. The fraction of sp³-hybridized carbons (Fsp3) is 0.963. The van der Waals surface area contributed by atoms with Crippen molar-refractivity contribution in [1.29, 1.82) is 0 Å². The largest absolute Gasteiger partial charge is 0.394 e. The van der Waals surface area contributed by atoms with Crippen LogP contribution in [0.1, 0.15) is 52.4 Å². The van der Waals surface area contributed by atoms with Crippen molar-refractivity contribution in [3.63, 3.8) is 0 Å². The monoisotopic (exact) mass is 577 g/mol. The number of hydrogen-bond donors (Lipinski definition) is 5. The van der Waals surface area contributed by atoms with Gasteiger partial charge >= 0.3 is 0 Å². The number of carbonyl (C=O) groups is 1. The summed E-state index contributed by atoms with van der Waals surface area (Å²) < 4.78 is 36.7. The summed E-state index contributed by atoms with van der Waals surface area (Å²) >= 11 is 0. The molecule has 3 heterocycles. The number of fused-ring (bicyclic) bond motifs is 1. The topological polar surface area (TPSA) is 177 Å². The maximum atomic E-state index is 12.9. The van der Waals surface area contributed by atoms with Crippen molar-refractivity contribution in [3.8, 4) is 0 Å². The number of hydrogen-bond acceptors (Lipinski definition) is 12. The average Bonchev–Trinajstić information content (AvgIpc) is 3.04. The average molecular weight is 578 g/mol. The van der Waals surface area contributed by atoms with Gasteiger partial charge in [0.2, 0.25) is 0 Å². The van der Waals surface area contributed by atoms with Gasteiger partial charge in [0.05, 0.1) is 24.9 Å². The van der Waals surface area contributed by atoms with Gasteiger partial charge in [-0.3, -0.25) is 4.79 Å². The summed E-state index contributed by atoms with van der Waals surface area (Å²) in [5.41, 5.74) is 0. The molecule has 5 N–H and O–H groups in total. The molecule has 1 aliphatic carbocycles. The molecule has 40 heavy (non-hydrogen) atoms. The zero-order chi connectivity index (χ0) is 29.1. The summed E-state index contributed by atoms with van der Waals surface area (Å²) in [7, 11) is 3.29. The van der Waals surface area contributed by atoms with Crippen molar-refractivity contribution in [2.24, 2.45) is 5.92 Å². The number of rotatable bonds is 6. The van der Waals surface area contributed by atoms with Crippen LogP contribution in [0.5, 0.6) is 0 Å². The third-order valence-corrected chi connectivity index (χ3v) is 8.49. The van der Waals surface area contributed by atoms with E-state index in [1.165, 1.54) is 4.90 Å². The predicted molar refractivity (Wildman–Crippen MR) is 138 cm³/mol. The Morgan fingerprint density at radius 3 is 2.27 bits per heavy atom. The molecule has 0 bridgehead atoms. The molecule has 4 aliphatic rings. The predicted octanol–water partition coefficient (Wildman–Crippen LogP) is -1.11. The summed E-state index contributed by atoms with van der Waals surface area (Å²) in [4.78, 5) is 14.3. The van der Waals surface area contributed by atoms with Crippen molar-refractivity contribution in [3.05, 3.63) is 0 Å². The zero-order valence-electron chi connectivity index (χ0n) is 23.8. The third kappa shape index (κ3) is 6.97. The van der Waals surface area contributed by atoms with Crippen molar-refractivity contribution < 1.29 is 58.7 Å². The fourth-order valence-corrected chi connectivity index (χ4v) is 6.02. The summed E-state index contributed by atoms with van der Waals surface area (Å²) in [6.07, 6.45) is -9.13. The Bertz CT molecular complexity index is 818. The highest BCUT2D eigenvalue weighted by atomic mass is 16.7. The first kappa shape index (κ1) is 32.0. The van der Waals surface area contributed by atoms with E-state index in [0.29, 0.717) is 32.3 Å². The third-order valence-electron chi connectivity index (χ3n) is 8.49. The second-order valence-electron chi connectivity index (χ2n) is 11.7. The minimum Gasteiger partial charge on any atom is -0.394 e. The van der Waals surface area contributed by atoms with Crippen LogP contribution in [0, 0.1) is 5.92 Å². The zero-order valence-corrected chi connectivity index (χ0v) is 23.8. The molecule has 13 heteroatoms. The molecule has 3 aliphatic heterocycles. The minimum absolute atomic E-state index is 0.00717. The van der Waals surface area contributed by atoms with E-state index in [1.807, 2.05) is 6.92 Å². The molecule has 14 atom stereocenters. The van der Waals surface area contributed by atoms with E-state index in [1.54, 1.807) is 21.0 Å². The van der Waals surface area contributed by atoms with Crippen LogP contribution >= 0.6 is 0 Å². The number of carbonyl (C=O) groups excluding carboxylic acids is 1. The Morgan fingerprint density at radius 2 is 1.57 bits per heavy atom. The number of aliphatic hydroxyl groups is 5. The van der Waals surface area contributed by atoms with Crippen molar-refractivity contribution in [2.45, 2.75) is 132 Å². The number of ether oxygens (including phenoxy) is 6. The molecular weight excluding hydrogens is 530 g/mol. The highest BCUT2D eigenvalue weighted by Gasteiger charge is 2.51. The number of aliphatic hydroxyl groups excluding tert-OH is 5. The van der Waals surface area contributed by atoms with E-state index in [9.17, 15) is 30.3 Å². The van der Waals surface area contributed by atoms with Crippen LogP contribution in [0.15, 0.2) is 0 Å². The molecule has 4 fully saturated rings. The lowest BCUT2D eigenvalue weighted by Gasteiger charge is -2.47. The minimum atomic E-state index is -1.46. The second-order valence-corrected chi connectivity index (χ2v) is 11.7. The summed E-state index contributed by atoms with van der Waals surface area (Å²) in [6, 6.07) is 0. The first-order valence-corrected chi connectivity index (χ1v) is 14.5. The van der Waals surface area contributed by atoms with Crippen molar-refractivity contribution in [2.75, 3.05) is 27.3 Å². The fourth-order valence-electron chi connectivity index (χ4n) is 6.02. The van der Waals surface area contributed by atoms with Gasteiger partial charge in [-0.05, 0) is 44.9 Å². The number of likely N-dealkylation sites (N-methyl/N-ethyl adjacent to an activating group) is 1. The summed E-state index contributed by atoms with van der Waals surface area (Å²) in [6.45, 7) is 3.43. The van der Waals surface area contributed by atoms with Gasteiger partial charge in [0.15, 0.2) is 12.6 Å². The molecule has 0 aromatic carbocycles. The summed E-state index contributed by atoms with van der Waals surface area (Å²) in [5, 5.41) is 51.9. The van der Waals surface area contributed by atoms with E-state index in [4.69, 9.17) is 28.4 Å². The van der Waals surface area contributed by atoms with Gasteiger partial charge in [-0.25, -0.2) is 0 Å². The van der Waals surface area contributed by atoms with Crippen LogP contribution in [0.4, 0.5) is 0 Å². The molecule has 7 unspecified atom stereocenters. The van der Waals surface area contributed by atoms with Gasteiger partial charge in [0, 0.05) is 20.7 Å². The van der Waals surface area contributed by atoms with Crippen LogP contribution in [0.25, 0.3) is 0 Å². The lowest BCUT2D eigenvalue weighted by Crippen LogP contribution is -2.63. The molecular formula is C27H47NO12. The Hall–Kier alpha value is -0.970. The van der Waals surface area contributed by atoms with E-state index >= 15 is 0 Å². The standard InChI is InChI=1S/C27H47NO12/c1-13-8-7-10-15(22(13)40-26-21(33)20(32)18(30)14(2)36-26)38-27-24-23(19(31)17(12-29)39-27)37-16(25(34)28(3)4)9-5-6-11-35-24/h13-24,26-27,29-33H,5-12H2,1-4H3/t13-,14?,15-,16-,17?,18-,19+,20?,21+,22?,23?,24?,26?,27-/m1/s1. The summed E-state index contributed by atoms with van der Waals surface area (Å²) in [5.74, 6) is -0.230. The molecule has 0 aromatic heterocycles. The SMILES string of the molecule is CC1OC(OC2[C@H](C)CCC[C@H]2O[C@@H]2OC(CO)[C@H](O)C3O[C@@H](C(=O)N(C)C)CCCCOC32)[C@@H](O)C(O)[C@@H]1O. The molecule has 0 radical (unpaired) electrons. The molecule has 1 saturated carbocycles. The van der Waals surface area contributed by atoms with Crippen LogP contribution in [-0.2, 0) is 33.2 Å². The van der Waals surface area contributed by atoms with E-state index in [-0.39, 0.29) is 11.8 Å². The van der Waals surface area contributed by atoms with Gasteiger partial charge in [-0.1, -0.05) is 13.3 Å². The number of nitrogens with zero attached hydrogens (tertiary/aromatic N) is 1. The lowest BCUT2D eigenvalue weighted by atomic mass is 9.85. The van der Waals surface area contributed by atoms with Crippen LogP contribution < -0.4 is 0 Å². The van der Waals surface area contributed by atoms with Crippen LogP contribution in [0.3, 0.4) is 0 Å². The van der Waals surface area contributed by atoms with Crippen molar-refractivity contribution in [1.82, 2.24) is 4.90 Å². The first-order chi connectivity index (χ1) is 19.0. The molecule has 0 aromatic rings. The smallest absolute Gasteiger partial charge is 0.251 e. The quantitative estimate of drug-likeness (QED) is 0.258. The first-order valence-electron chi connectivity index (χ1n) is 14.5.